The van der Waals surface area contributed by atoms with Crippen molar-refractivity contribution in [2.24, 2.45) is 5.73 Å². The highest BCUT2D eigenvalue weighted by Crippen LogP contribution is 2.28. The average molecular weight is 287 g/mol. The van der Waals surface area contributed by atoms with Gasteiger partial charge in [-0.3, -0.25) is 9.59 Å². The van der Waals surface area contributed by atoms with E-state index in [4.69, 9.17) is 11.0 Å². The molecule has 2 amide bonds. The third-order valence-corrected chi connectivity index (χ3v) is 3.44. The van der Waals surface area contributed by atoms with Gasteiger partial charge in [0.15, 0.2) is 0 Å². The summed E-state index contributed by atoms with van der Waals surface area (Å²) in [5.74, 6) is -2.27. The smallest absolute Gasteiger partial charge is 0.326 e. The molecule has 0 bridgehead atoms. The zero-order valence-electron chi connectivity index (χ0n) is 11.1. The molecular formula is C14H13N3O4. The van der Waals surface area contributed by atoms with Crippen LogP contribution in [0.5, 0.6) is 0 Å². The minimum atomic E-state index is -1.20. The lowest BCUT2D eigenvalue weighted by molar-refractivity contribution is -0.142. The van der Waals surface area contributed by atoms with E-state index in [1.807, 2.05) is 6.07 Å². The van der Waals surface area contributed by atoms with Crippen molar-refractivity contribution in [2.45, 2.75) is 25.4 Å². The molecule has 1 aromatic rings. The van der Waals surface area contributed by atoms with Crippen LogP contribution in [0.15, 0.2) is 18.2 Å². The van der Waals surface area contributed by atoms with Crippen LogP contribution in [0.4, 0.5) is 0 Å². The molecule has 7 nitrogen and oxygen atoms in total. The summed E-state index contributed by atoms with van der Waals surface area (Å²) in [5, 5.41) is 18.3. The van der Waals surface area contributed by atoms with Crippen LogP contribution in [0.1, 0.15) is 34.3 Å². The number of hydrogen-bond donors (Lipinski definition) is 2. The van der Waals surface area contributed by atoms with Gasteiger partial charge in [-0.1, -0.05) is 6.07 Å². The van der Waals surface area contributed by atoms with Crippen molar-refractivity contribution in [2.75, 3.05) is 0 Å². The van der Waals surface area contributed by atoms with Gasteiger partial charge in [0.05, 0.1) is 11.6 Å². The van der Waals surface area contributed by atoms with E-state index in [1.54, 1.807) is 18.2 Å². The van der Waals surface area contributed by atoms with Gasteiger partial charge in [0.1, 0.15) is 6.04 Å². The van der Waals surface area contributed by atoms with Gasteiger partial charge in [0, 0.05) is 24.1 Å². The number of primary amides is 1. The topological polar surface area (TPSA) is 124 Å². The molecule has 108 valence electrons. The Morgan fingerprint density at radius 3 is 2.76 bits per heavy atom. The first-order valence-corrected chi connectivity index (χ1v) is 6.29. The number of nitriles is 1. The first kappa shape index (κ1) is 14.5. The monoisotopic (exact) mass is 287 g/mol. The number of fused-ring (bicyclic) bond motifs is 1. The van der Waals surface area contributed by atoms with Crippen LogP contribution in [-0.4, -0.2) is 33.8 Å². The lowest BCUT2D eigenvalue weighted by Gasteiger charge is -2.23. The van der Waals surface area contributed by atoms with E-state index in [9.17, 15) is 19.5 Å². The number of carboxylic acid groups (broad SMARTS) is 1. The Hall–Kier alpha value is -2.88. The SMILES string of the molecule is N#Cc1cccc2c1CN(C(CCC(N)=O)C(=O)O)C2=O. The van der Waals surface area contributed by atoms with Crippen molar-refractivity contribution in [1.29, 1.82) is 5.26 Å². The molecule has 0 fully saturated rings. The number of hydrogen-bond acceptors (Lipinski definition) is 4. The highest BCUT2D eigenvalue weighted by atomic mass is 16.4. The van der Waals surface area contributed by atoms with Crippen molar-refractivity contribution < 1.29 is 19.5 Å². The Morgan fingerprint density at radius 1 is 1.48 bits per heavy atom. The quantitative estimate of drug-likeness (QED) is 0.802. The number of nitrogens with two attached hydrogens (primary N) is 1. The molecule has 1 heterocycles. The van der Waals surface area contributed by atoms with Gasteiger partial charge in [0.2, 0.25) is 5.91 Å². The Bertz CT molecular complexity index is 663. The molecule has 1 aliphatic heterocycles. The second kappa shape index (κ2) is 5.63. The molecule has 1 aliphatic rings. The number of amides is 2. The molecule has 2 rings (SSSR count). The number of carbonyl (C=O) groups excluding carboxylic acids is 2. The van der Waals surface area contributed by atoms with Gasteiger partial charge in [0.25, 0.3) is 5.91 Å². The first-order chi connectivity index (χ1) is 9.95. The number of rotatable bonds is 5. The van der Waals surface area contributed by atoms with E-state index in [0.717, 1.165) is 4.90 Å². The number of benzene rings is 1. The lowest BCUT2D eigenvalue weighted by atomic mass is 10.0. The van der Waals surface area contributed by atoms with Crippen molar-refractivity contribution in [3.8, 4) is 6.07 Å². The van der Waals surface area contributed by atoms with Crippen molar-refractivity contribution in [3.05, 3.63) is 34.9 Å². The summed E-state index contributed by atoms with van der Waals surface area (Å²) in [5.41, 5.74) is 6.23. The highest BCUT2D eigenvalue weighted by molar-refractivity contribution is 6.01. The fourth-order valence-electron chi connectivity index (χ4n) is 2.40. The maximum atomic E-state index is 12.3. The maximum absolute atomic E-state index is 12.3. The second-order valence-electron chi connectivity index (χ2n) is 4.74. The summed E-state index contributed by atoms with van der Waals surface area (Å²) in [6.45, 7) is 0.0492. The summed E-state index contributed by atoms with van der Waals surface area (Å²) in [6, 6.07) is 5.57. The Morgan fingerprint density at radius 2 is 2.19 bits per heavy atom. The molecule has 0 radical (unpaired) electrons. The molecule has 1 atom stereocenters. The molecule has 0 aliphatic carbocycles. The van der Waals surface area contributed by atoms with Gasteiger partial charge in [-0.2, -0.15) is 5.26 Å². The zero-order chi connectivity index (χ0) is 15.6. The van der Waals surface area contributed by atoms with Crippen LogP contribution in [0.3, 0.4) is 0 Å². The van der Waals surface area contributed by atoms with Crippen LogP contribution in [0.25, 0.3) is 0 Å². The van der Waals surface area contributed by atoms with Gasteiger partial charge < -0.3 is 15.7 Å². The van der Waals surface area contributed by atoms with Gasteiger partial charge in [-0.25, -0.2) is 4.79 Å². The largest absolute Gasteiger partial charge is 0.480 e. The molecule has 0 saturated carbocycles. The lowest BCUT2D eigenvalue weighted by Crippen LogP contribution is -2.42. The standard InChI is InChI=1S/C14H13N3O4/c15-6-8-2-1-3-9-10(8)7-17(13(9)19)11(14(20)21)4-5-12(16)18/h1-3,11H,4-5,7H2,(H2,16,18)(H,20,21). The van der Waals surface area contributed by atoms with E-state index in [2.05, 4.69) is 0 Å². The van der Waals surface area contributed by atoms with Crippen molar-refractivity contribution in [1.82, 2.24) is 4.90 Å². The second-order valence-corrected chi connectivity index (χ2v) is 4.74. The van der Waals surface area contributed by atoms with Crippen LogP contribution in [-0.2, 0) is 16.1 Å². The Labute approximate surface area is 120 Å². The third kappa shape index (κ3) is 2.69. The average Bonchev–Trinajstić information content (AvgIpc) is 2.76. The molecule has 3 N–H and O–H groups in total. The predicted molar refractivity (Wildman–Crippen MR) is 70.9 cm³/mol. The molecule has 0 spiro atoms. The molecule has 1 aromatic carbocycles. The summed E-state index contributed by atoms with van der Waals surface area (Å²) >= 11 is 0. The van der Waals surface area contributed by atoms with E-state index in [1.165, 1.54) is 0 Å². The van der Waals surface area contributed by atoms with Crippen LogP contribution in [0.2, 0.25) is 0 Å². The molecule has 7 heteroatoms. The number of aliphatic carboxylic acids is 1. The molecular weight excluding hydrogens is 274 g/mol. The van der Waals surface area contributed by atoms with E-state index >= 15 is 0 Å². The molecule has 0 saturated heterocycles. The highest BCUT2D eigenvalue weighted by Gasteiger charge is 2.37. The Kier molecular flexibility index (Phi) is 3.89. The van der Waals surface area contributed by atoms with Crippen LogP contribution in [0, 0.1) is 11.3 Å². The zero-order valence-corrected chi connectivity index (χ0v) is 11.1. The van der Waals surface area contributed by atoms with Gasteiger partial charge in [-0.05, 0) is 18.6 Å². The van der Waals surface area contributed by atoms with E-state index in [-0.39, 0.29) is 19.4 Å². The third-order valence-electron chi connectivity index (χ3n) is 3.44. The predicted octanol–water partition coefficient (Wildman–Crippen LogP) is 0.233. The Balaban J connectivity index is 2.30. The van der Waals surface area contributed by atoms with E-state index in [0.29, 0.717) is 16.7 Å². The molecule has 0 aromatic heterocycles. The fraction of sp³-hybridized carbons (Fsp3) is 0.286. The normalized spacial score (nSPS) is 14.4. The summed E-state index contributed by atoms with van der Waals surface area (Å²) in [6.07, 6.45) is -0.172. The minimum Gasteiger partial charge on any atom is -0.480 e. The molecule has 1 unspecified atom stereocenters. The number of carbonyl (C=O) groups is 3. The number of carboxylic acids is 1. The van der Waals surface area contributed by atoms with Gasteiger partial charge >= 0.3 is 5.97 Å². The maximum Gasteiger partial charge on any atom is 0.326 e. The first-order valence-electron chi connectivity index (χ1n) is 6.29. The number of nitrogens with zero attached hydrogens (tertiary/aromatic N) is 2. The summed E-state index contributed by atoms with van der Waals surface area (Å²) in [4.78, 5) is 35.6. The molecule has 21 heavy (non-hydrogen) atoms. The summed E-state index contributed by atoms with van der Waals surface area (Å²) < 4.78 is 0. The fourth-order valence-corrected chi connectivity index (χ4v) is 2.40. The van der Waals surface area contributed by atoms with Crippen LogP contribution >= 0.6 is 0 Å². The van der Waals surface area contributed by atoms with E-state index < -0.39 is 23.8 Å². The van der Waals surface area contributed by atoms with Gasteiger partial charge in [-0.15, -0.1) is 0 Å². The van der Waals surface area contributed by atoms with Crippen molar-refractivity contribution in [3.63, 3.8) is 0 Å². The van der Waals surface area contributed by atoms with Crippen LogP contribution < -0.4 is 5.73 Å². The summed E-state index contributed by atoms with van der Waals surface area (Å²) in [7, 11) is 0. The minimum absolute atomic E-state index is 0.0492. The van der Waals surface area contributed by atoms with Crippen molar-refractivity contribution >= 4 is 17.8 Å².